The third-order valence-electron chi connectivity index (χ3n) is 2.18. The van der Waals surface area contributed by atoms with E-state index in [-0.39, 0.29) is 5.75 Å². The molecular formula is C11H7N3O2S. The largest absolute Gasteiger partial charge is 0.508 e. The average molecular weight is 245 g/mol. The summed E-state index contributed by atoms with van der Waals surface area (Å²) in [4.78, 5) is 8.30. The highest BCUT2D eigenvalue weighted by Crippen LogP contribution is 2.23. The zero-order chi connectivity index (χ0) is 11.7. The van der Waals surface area contributed by atoms with E-state index in [1.54, 1.807) is 29.8 Å². The number of thiazole rings is 1. The summed E-state index contributed by atoms with van der Waals surface area (Å²) in [5.74, 6) is 0.982. The molecule has 84 valence electrons. The van der Waals surface area contributed by atoms with Crippen LogP contribution in [0, 0.1) is 0 Å². The molecule has 1 N–H and O–H groups in total. The molecule has 0 radical (unpaired) electrons. The van der Waals surface area contributed by atoms with Gasteiger partial charge < -0.3 is 9.63 Å². The lowest BCUT2D eigenvalue weighted by atomic mass is 10.2. The van der Waals surface area contributed by atoms with Crippen molar-refractivity contribution in [2.75, 3.05) is 0 Å². The van der Waals surface area contributed by atoms with Crippen molar-refractivity contribution < 1.29 is 9.63 Å². The fourth-order valence-corrected chi connectivity index (χ4v) is 1.93. The average Bonchev–Trinajstić information content (AvgIpc) is 3.00. The standard InChI is InChI=1S/C11H7N3O2S/c15-8-3-1-2-7(4-8)10-13-11(16-14-10)9-5-17-6-12-9/h1-6,15H. The first kappa shape index (κ1) is 9.98. The van der Waals surface area contributed by atoms with Crippen molar-refractivity contribution in [1.29, 1.82) is 0 Å². The summed E-state index contributed by atoms with van der Waals surface area (Å²) < 4.78 is 5.10. The van der Waals surface area contributed by atoms with E-state index in [0.717, 1.165) is 0 Å². The van der Waals surface area contributed by atoms with Gasteiger partial charge in [-0.15, -0.1) is 11.3 Å². The molecule has 2 heterocycles. The zero-order valence-electron chi connectivity index (χ0n) is 8.57. The maximum Gasteiger partial charge on any atom is 0.277 e. The number of phenolic OH excluding ortho intramolecular Hbond substituents is 1. The number of hydrogen-bond acceptors (Lipinski definition) is 6. The summed E-state index contributed by atoms with van der Waals surface area (Å²) in [6.07, 6.45) is 0. The zero-order valence-corrected chi connectivity index (χ0v) is 9.39. The molecule has 0 aliphatic heterocycles. The molecule has 0 saturated carbocycles. The number of hydrogen-bond donors (Lipinski definition) is 1. The molecule has 0 saturated heterocycles. The van der Waals surface area contributed by atoms with Crippen LogP contribution >= 0.6 is 11.3 Å². The van der Waals surface area contributed by atoms with Gasteiger partial charge in [-0.3, -0.25) is 0 Å². The highest BCUT2D eigenvalue weighted by Gasteiger charge is 2.11. The highest BCUT2D eigenvalue weighted by atomic mass is 32.1. The van der Waals surface area contributed by atoms with Crippen molar-refractivity contribution in [2.45, 2.75) is 0 Å². The molecule has 0 unspecified atom stereocenters. The predicted octanol–water partition coefficient (Wildman–Crippen LogP) is 2.57. The van der Waals surface area contributed by atoms with Crippen LogP contribution in [0.15, 0.2) is 39.7 Å². The smallest absolute Gasteiger partial charge is 0.277 e. The summed E-state index contributed by atoms with van der Waals surface area (Å²) >= 11 is 1.46. The lowest BCUT2D eigenvalue weighted by molar-refractivity contribution is 0.431. The van der Waals surface area contributed by atoms with E-state index in [1.165, 1.54) is 11.3 Å². The molecule has 0 atom stereocenters. The summed E-state index contributed by atoms with van der Waals surface area (Å²) in [6.45, 7) is 0. The van der Waals surface area contributed by atoms with Crippen LogP contribution in [0.1, 0.15) is 0 Å². The highest BCUT2D eigenvalue weighted by molar-refractivity contribution is 7.07. The number of rotatable bonds is 2. The Hall–Kier alpha value is -2.21. The molecule has 3 aromatic rings. The van der Waals surface area contributed by atoms with Gasteiger partial charge in [-0.1, -0.05) is 17.3 Å². The van der Waals surface area contributed by atoms with Gasteiger partial charge in [0.2, 0.25) is 5.82 Å². The van der Waals surface area contributed by atoms with Crippen LogP contribution in [0.2, 0.25) is 0 Å². The van der Waals surface area contributed by atoms with Crippen LogP contribution in [0.5, 0.6) is 5.75 Å². The van der Waals surface area contributed by atoms with Crippen LogP contribution in [-0.2, 0) is 0 Å². The fourth-order valence-electron chi connectivity index (χ4n) is 1.41. The molecule has 3 rings (SSSR count). The molecule has 0 aliphatic rings. The monoisotopic (exact) mass is 245 g/mol. The van der Waals surface area contributed by atoms with E-state index >= 15 is 0 Å². The molecule has 2 aromatic heterocycles. The van der Waals surface area contributed by atoms with Crippen molar-refractivity contribution in [1.82, 2.24) is 15.1 Å². The van der Waals surface area contributed by atoms with Crippen molar-refractivity contribution in [3.63, 3.8) is 0 Å². The number of nitrogens with zero attached hydrogens (tertiary/aromatic N) is 3. The second-order valence-corrected chi connectivity index (χ2v) is 4.07. The molecule has 0 bridgehead atoms. The molecule has 1 aromatic carbocycles. The Bertz CT molecular complexity index is 634. The van der Waals surface area contributed by atoms with Gasteiger partial charge in [0.25, 0.3) is 5.89 Å². The number of aromatic nitrogens is 3. The van der Waals surface area contributed by atoms with Gasteiger partial charge in [-0.05, 0) is 12.1 Å². The molecule has 0 aliphatic carbocycles. The van der Waals surface area contributed by atoms with E-state index in [2.05, 4.69) is 15.1 Å². The Labute approximate surface area is 100 Å². The third-order valence-corrected chi connectivity index (χ3v) is 2.77. The van der Waals surface area contributed by atoms with Crippen molar-refractivity contribution in [3.8, 4) is 28.7 Å². The Balaban J connectivity index is 2.01. The molecule has 5 nitrogen and oxygen atoms in total. The molecule has 6 heteroatoms. The van der Waals surface area contributed by atoms with Gasteiger partial charge in [0.05, 0.1) is 5.51 Å². The fraction of sp³-hybridized carbons (Fsp3) is 0. The Morgan fingerprint density at radius 2 is 2.24 bits per heavy atom. The first-order chi connectivity index (χ1) is 8.33. The number of phenols is 1. The van der Waals surface area contributed by atoms with Gasteiger partial charge in [-0.2, -0.15) is 4.98 Å². The Morgan fingerprint density at radius 1 is 1.29 bits per heavy atom. The van der Waals surface area contributed by atoms with Crippen LogP contribution < -0.4 is 0 Å². The van der Waals surface area contributed by atoms with Gasteiger partial charge in [0.1, 0.15) is 11.4 Å². The van der Waals surface area contributed by atoms with E-state index in [4.69, 9.17) is 4.52 Å². The minimum absolute atomic E-state index is 0.169. The number of benzene rings is 1. The second kappa shape index (κ2) is 3.99. The van der Waals surface area contributed by atoms with Gasteiger partial charge >= 0.3 is 0 Å². The van der Waals surface area contributed by atoms with E-state index in [1.807, 2.05) is 5.38 Å². The molecule has 0 fully saturated rings. The molecule has 17 heavy (non-hydrogen) atoms. The third kappa shape index (κ3) is 1.90. The van der Waals surface area contributed by atoms with Gasteiger partial charge in [0.15, 0.2) is 0 Å². The van der Waals surface area contributed by atoms with Crippen LogP contribution in [0.3, 0.4) is 0 Å². The Kier molecular flexibility index (Phi) is 2.34. The summed E-state index contributed by atoms with van der Waals surface area (Å²) in [7, 11) is 0. The Morgan fingerprint density at radius 3 is 3.00 bits per heavy atom. The first-order valence-electron chi connectivity index (χ1n) is 4.84. The van der Waals surface area contributed by atoms with Crippen LogP contribution in [-0.4, -0.2) is 20.2 Å². The van der Waals surface area contributed by atoms with Gasteiger partial charge in [0, 0.05) is 10.9 Å². The quantitative estimate of drug-likeness (QED) is 0.751. The van der Waals surface area contributed by atoms with Gasteiger partial charge in [-0.25, -0.2) is 4.98 Å². The normalized spacial score (nSPS) is 10.6. The maximum absolute atomic E-state index is 9.37. The van der Waals surface area contributed by atoms with E-state index in [9.17, 15) is 5.11 Å². The van der Waals surface area contributed by atoms with Crippen molar-refractivity contribution in [3.05, 3.63) is 35.2 Å². The molecule has 0 spiro atoms. The molecular weight excluding hydrogens is 238 g/mol. The van der Waals surface area contributed by atoms with Crippen LogP contribution in [0.25, 0.3) is 23.0 Å². The lowest BCUT2D eigenvalue weighted by Crippen LogP contribution is -1.80. The molecule has 0 amide bonds. The summed E-state index contributed by atoms with van der Waals surface area (Å²) in [5, 5.41) is 15.1. The topological polar surface area (TPSA) is 72.0 Å². The minimum Gasteiger partial charge on any atom is -0.508 e. The van der Waals surface area contributed by atoms with Crippen LogP contribution in [0.4, 0.5) is 0 Å². The van der Waals surface area contributed by atoms with E-state index in [0.29, 0.717) is 23.0 Å². The number of aromatic hydroxyl groups is 1. The second-order valence-electron chi connectivity index (χ2n) is 3.35. The maximum atomic E-state index is 9.37. The lowest BCUT2D eigenvalue weighted by Gasteiger charge is -1.94. The summed E-state index contributed by atoms with van der Waals surface area (Å²) in [5.41, 5.74) is 3.07. The minimum atomic E-state index is 0.169. The van der Waals surface area contributed by atoms with Crippen molar-refractivity contribution in [2.24, 2.45) is 0 Å². The first-order valence-corrected chi connectivity index (χ1v) is 5.79. The summed E-state index contributed by atoms with van der Waals surface area (Å²) in [6, 6.07) is 6.69. The SMILES string of the molecule is Oc1cccc(-c2noc(-c3cscn3)n2)c1. The van der Waals surface area contributed by atoms with E-state index < -0.39 is 0 Å². The predicted molar refractivity (Wildman–Crippen MR) is 62.5 cm³/mol. The van der Waals surface area contributed by atoms with Crippen molar-refractivity contribution >= 4 is 11.3 Å².